The van der Waals surface area contributed by atoms with E-state index in [-0.39, 0.29) is 11.3 Å². The summed E-state index contributed by atoms with van der Waals surface area (Å²) in [6.45, 7) is 6.60. The smallest absolute Gasteiger partial charge is 0.412 e. The molecule has 1 amide bonds. The number of carbonyl (C=O) groups is 1. The van der Waals surface area contributed by atoms with Gasteiger partial charge in [-0.05, 0) is 55.8 Å². The zero-order chi connectivity index (χ0) is 14.8. The van der Waals surface area contributed by atoms with Crippen LogP contribution >= 0.6 is 22.6 Å². The van der Waals surface area contributed by atoms with Crippen molar-refractivity contribution in [2.24, 2.45) is 0 Å². The summed E-state index contributed by atoms with van der Waals surface area (Å²) >= 11 is 1.79. The molecule has 7 heteroatoms. The van der Waals surface area contributed by atoms with Crippen molar-refractivity contribution in [3.05, 3.63) is 21.0 Å². The summed E-state index contributed by atoms with van der Waals surface area (Å²) in [4.78, 5) is 15.6. The summed E-state index contributed by atoms with van der Waals surface area (Å²) in [7, 11) is 0. The molecule has 0 spiro atoms. The summed E-state index contributed by atoms with van der Waals surface area (Å²) < 4.78 is 31.4. The monoisotopic (exact) mass is 384 g/mol. The van der Waals surface area contributed by atoms with E-state index in [1.54, 1.807) is 43.4 Å². The van der Waals surface area contributed by atoms with Crippen LogP contribution < -0.4 is 5.32 Å². The summed E-state index contributed by atoms with van der Waals surface area (Å²) in [5, 5.41) is 2.35. The number of carbonyl (C=O) groups excluding carboxylic acids is 1. The van der Waals surface area contributed by atoms with Crippen LogP contribution in [0.4, 0.5) is 19.3 Å². The fraction of sp³-hybridized carbons (Fsp3) is 0.500. The Labute approximate surface area is 124 Å². The van der Waals surface area contributed by atoms with Crippen LogP contribution in [0.3, 0.4) is 0 Å². The van der Waals surface area contributed by atoms with Crippen molar-refractivity contribution < 1.29 is 18.3 Å². The molecule has 0 saturated carbocycles. The van der Waals surface area contributed by atoms with Crippen molar-refractivity contribution in [1.82, 2.24) is 4.98 Å². The largest absolute Gasteiger partial charge is 0.444 e. The molecule has 1 heterocycles. The number of ether oxygens (including phenoxy) is 1. The van der Waals surface area contributed by atoms with Crippen molar-refractivity contribution in [3.63, 3.8) is 0 Å². The number of anilines is 1. The molecule has 0 aromatic carbocycles. The van der Waals surface area contributed by atoms with Crippen molar-refractivity contribution in [2.75, 3.05) is 5.32 Å². The quantitative estimate of drug-likeness (QED) is 0.612. The molecule has 1 aromatic rings. The Morgan fingerprint density at radius 3 is 2.53 bits per heavy atom. The molecule has 0 bridgehead atoms. The molecule has 0 fully saturated rings. The van der Waals surface area contributed by atoms with E-state index < -0.39 is 18.1 Å². The van der Waals surface area contributed by atoms with Crippen molar-refractivity contribution in [3.8, 4) is 0 Å². The van der Waals surface area contributed by atoms with E-state index in [0.717, 1.165) is 0 Å². The van der Waals surface area contributed by atoms with Crippen LogP contribution in [0.1, 0.15) is 38.3 Å². The van der Waals surface area contributed by atoms with Gasteiger partial charge >= 0.3 is 6.09 Å². The molecule has 0 atom stereocenters. The van der Waals surface area contributed by atoms with Crippen LogP contribution in [-0.2, 0) is 4.74 Å². The van der Waals surface area contributed by atoms with Gasteiger partial charge in [0.15, 0.2) is 0 Å². The number of rotatable bonds is 2. The maximum atomic E-state index is 13.0. The predicted octanol–water partition coefficient (Wildman–Crippen LogP) is 4.28. The zero-order valence-corrected chi connectivity index (χ0v) is 13.2. The highest BCUT2D eigenvalue weighted by atomic mass is 127. The average Bonchev–Trinajstić information content (AvgIpc) is 2.20. The number of hydrogen-bond acceptors (Lipinski definition) is 3. The molecule has 0 saturated heterocycles. The number of pyridine rings is 1. The van der Waals surface area contributed by atoms with E-state index in [4.69, 9.17) is 4.74 Å². The highest BCUT2D eigenvalue weighted by Gasteiger charge is 2.23. The van der Waals surface area contributed by atoms with Gasteiger partial charge in [0.05, 0.1) is 5.69 Å². The number of amides is 1. The molecule has 0 aliphatic heterocycles. The van der Waals surface area contributed by atoms with Gasteiger partial charge in [0, 0.05) is 11.8 Å². The zero-order valence-electron chi connectivity index (χ0n) is 11.1. The molecule has 19 heavy (non-hydrogen) atoms. The van der Waals surface area contributed by atoms with Gasteiger partial charge in [-0.15, -0.1) is 0 Å². The van der Waals surface area contributed by atoms with E-state index in [0.29, 0.717) is 9.26 Å². The van der Waals surface area contributed by atoms with Crippen LogP contribution in [0, 0.1) is 10.6 Å². The Morgan fingerprint density at radius 1 is 1.47 bits per heavy atom. The lowest BCUT2D eigenvalue weighted by atomic mass is 10.1. The van der Waals surface area contributed by atoms with E-state index in [1.807, 2.05) is 0 Å². The standard InChI is InChI=1S/C12H15F2IN2O2/c1-6-5-16-10(15)8(7(6)9(13)14)17-11(18)19-12(2,3)4/h5,9H,1-4H3,(H,17,18). The second-order valence-electron chi connectivity index (χ2n) is 4.95. The number of hydrogen-bond donors (Lipinski definition) is 1. The minimum absolute atomic E-state index is 0.00449. The fourth-order valence-electron chi connectivity index (χ4n) is 1.40. The minimum atomic E-state index is -2.69. The minimum Gasteiger partial charge on any atom is -0.444 e. The first-order valence-electron chi connectivity index (χ1n) is 5.55. The molecular formula is C12H15F2IN2O2. The van der Waals surface area contributed by atoms with Gasteiger partial charge in [-0.25, -0.2) is 18.6 Å². The van der Waals surface area contributed by atoms with Gasteiger partial charge < -0.3 is 4.74 Å². The number of alkyl halides is 2. The fourth-order valence-corrected chi connectivity index (χ4v) is 1.97. The highest BCUT2D eigenvalue weighted by molar-refractivity contribution is 14.1. The summed E-state index contributed by atoms with van der Waals surface area (Å²) in [6, 6.07) is 0. The molecule has 0 aliphatic carbocycles. The maximum absolute atomic E-state index is 13.0. The lowest BCUT2D eigenvalue weighted by Crippen LogP contribution is -2.28. The molecule has 0 unspecified atom stereocenters. The second-order valence-corrected chi connectivity index (χ2v) is 5.97. The molecule has 0 aliphatic rings. The van der Waals surface area contributed by atoms with Gasteiger partial charge in [0.25, 0.3) is 6.43 Å². The van der Waals surface area contributed by atoms with Gasteiger partial charge in [-0.1, -0.05) is 0 Å². The number of aryl methyl sites for hydroxylation is 1. The first-order valence-corrected chi connectivity index (χ1v) is 6.63. The first-order chi connectivity index (χ1) is 8.61. The van der Waals surface area contributed by atoms with Crippen molar-refractivity contribution >= 4 is 34.4 Å². The van der Waals surface area contributed by atoms with Crippen molar-refractivity contribution in [1.29, 1.82) is 0 Å². The van der Waals surface area contributed by atoms with Gasteiger partial charge in [0.2, 0.25) is 0 Å². The number of halogens is 3. The average molecular weight is 384 g/mol. The molecule has 106 valence electrons. The molecule has 4 nitrogen and oxygen atoms in total. The predicted molar refractivity (Wildman–Crippen MR) is 76.5 cm³/mol. The van der Waals surface area contributed by atoms with E-state index in [1.165, 1.54) is 13.1 Å². The van der Waals surface area contributed by atoms with Crippen LogP contribution in [0.2, 0.25) is 0 Å². The summed E-state index contributed by atoms with van der Waals surface area (Å²) in [6.07, 6.45) is -2.12. The molecule has 0 radical (unpaired) electrons. The molecule has 1 aromatic heterocycles. The Kier molecular flexibility index (Phi) is 5.05. The van der Waals surface area contributed by atoms with Gasteiger partial charge in [-0.2, -0.15) is 0 Å². The van der Waals surface area contributed by atoms with Crippen LogP contribution in [0.15, 0.2) is 6.20 Å². The van der Waals surface area contributed by atoms with E-state index in [2.05, 4.69) is 10.3 Å². The van der Waals surface area contributed by atoms with E-state index >= 15 is 0 Å². The number of nitrogens with zero attached hydrogens (tertiary/aromatic N) is 1. The SMILES string of the molecule is Cc1cnc(I)c(NC(=O)OC(C)(C)C)c1C(F)F. The third kappa shape index (κ3) is 4.55. The Morgan fingerprint density at radius 2 is 2.05 bits per heavy atom. The van der Waals surface area contributed by atoms with Crippen LogP contribution in [-0.4, -0.2) is 16.7 Å². The van der Waals surface area contributed by atoms with Crippen molar-refractivity contribution in [2.45, 2.75) is 39.7 Å². The Balaban J connectivity index is 3.07. The molecule has 1 N–H and O–H groups in total. The van der Waals surface area contributed by atoms with Crippen LogP contribution in [0.5, 0.6) is 0 Å². The van der Waals surface area contributed by atoms with Crippen LogP contribution in [0.25, 0.3) is 0 Å². The lowest BCUT2D eigenvalue weighted by molar-refractivity contribution is 0.0635. The second kappa shape index (κ2) is 5.98. The maximum Gasteiger partial charge on any atom is 0.412 e. The lowest BCUT2D eigenvalue weighted by Gasteiger charge is -2.21. The summed E-state index contributed by atoms with van der Waals surface area (Å²) in [5.41, 5.74) is -0.603. The van der Waals surface area contributed by atoms with Gasteiger partial charge in [0.1, 0.15) is 9.30 Å². The molecular weight excluding hydrogens is 369 g/mol. The normalized spacial score (nSPS) is 11.6. The topological polar surface area (TPSA) is 51.2 Å². The first kappa shape index (κ1) is 16.1. The third-order valence-electron chi connectivity index (χ3n) is 2.12. The van der Waals surface area contributed by atoms with Gasteiger partial charge in [-0.3, -0.25) is 5.32 Å². The number of aromatic nitrogens is 1. The Bertz CT molecular complexity index is 487. The Hall–Kier alpha value is -0.990. The summed E-state index contributed by atoms with van der Waals surface area (Å²) in [5.74, 6) is 0. The third-order valence-corrected chi connectivity index (χ3v) is 2.93. The number of nitrogens with one attached hydrogen (secondary N) is 1. The molecule has 1 rings (SSSR count). The highest BCUT2D eigenvalue weighted by Crippen LogP contribution is 2.32. The van der Waals surface area contributed by atoms with E-state index in [9.17, 15) is 13.6 Å².